The number of para-hydroxylation sites is 3. The van der Waals surface area contributed by atoms with E-state index in [2.05, 4.69) is 193 Å². The van der Waals surface area contributed by atoms with Crippen LogP contribution < -0.4 is 4.90 Å². The van der Waals surface area contributed by atoms with Gasteiger partial charge in [-0.15, -0.1) is 0 Å². The van der Waals surface area contributed by atoms with Crippen LogP contribution in [0.5, 0.6) is 0 Å². The summed E-state index contributed by atoms with van der Waals surface area (Å²) in [5.41, 5.74) is 14.8. The van der Waals surface area contributed by atoms with E-state index in [1.807, 2.05) is 23.9 Å². The van der Waals surface area contributed by atoms with Gasteiger partial charge in [-0.05, 0) is 104 Å². The zero-order valence-electron chi connectivity index (χ0n) is 30.3. The van der Waals surface area contributed by atoms with Crippen molar-refractivity contribution in [3.8, 4) is 22.3 Å². The van der Waals surface area contributed by atoms with Crippen LogP contribution >= 0.6 is 11.8 Å². The van der Waals surface area contributed by atoms with Gasteiger partial charge in [-0.1, -0.05) is 157 Å². The molecule has 0 fully saturated rings. The van der Waals surface area contributed by atoms with E-state index in [0.717, 1.165) is 50.1 Å². The maximum absolute atomic E-state index is 6.44. The highest BCUT2D eigenvalue weighted by Crippen LogP contribution is 2.63. The zero-order chi connectivity index (χ0) is 36.8. The molecule has 2 heterocycles. The highest BCUT2D eigenvalue weighted by atomic mass is 32.2. The molecule has 12 rings (SSSR count). The van der Waals surface area contributed by atoms with Crippen LogP contribution in [0.1, 0.15) is 22.3 Å². The molecule has 0 unspecified atom stereocenters. The monoisotopic (exact) mass is 731 g/mol. The van der Waals surface area contributed by atoms with Crippen LogP contribution in [0.3, 0.4) is 0 Å². The van der Waals surface area contributed by atoms with E-state index < -0.39 is 5.41 Å². The van der Waals surface area contributed by atoms with E-state index in [4.69, 9.17) is 4.42 Å². The lowest BCUT2D eigenvalue weighted by molar-refractivity contribution is 0.670. The van der Waals surface area contributed by atoms with Crippen LogP contribution in [0.4, 0.5) is 17.1 Å². The molecule has 1 aliphatic carbocycles. The lowest BCUT2D eigenvalue weighted by Crippen LogP contribution is -2.32. The van der Waals surface area contributed by atoms with Gasteiger partial charge < -0.3 is 9.32 Å². The molecule has 0 saturated carbocycles. The van der Waals surface area contributed by atoms with Crippen molar-refractivity contribution in [2.45, 2.75) is 15.2 Å². The fourth-order valence-electron chi connectivity index (χ4n) is 9.58. The first-order valence-corrected chi connectivity index (χ1v) is 20.0. The second-order valence-corrected chi connectivity index (χ2v) is 15.9. The topological polar surface area (TPSA) is 16.4 Å². The van der Waals surface area contributed by atoms with E-state index in [1.165, 1.54) is 53.9 Å². The molecule has 0 N–H and O–H groups in total. The zero-order valence-corrected chi connectivity index (χ0v) is 31.1. The minimum absolute atomic E-state index is 0.485. The van der Waals surface area contributed by atoms with E-state index in [0.29, 0.717) is 0 Å². The summed E-state index contributed by atoms with van der Waals surface area (Å²) in [4.78, 5) is 5.01. The fourth-order valence-corrected chi connectivity index (χ4v) is 10.8. The summed E-state index contributed by atoms with van der Waals surface area (Å²) in [6.07, 6.45) is 0. The highest BCUT2D eigenvalue weighted by molar-refractivity contribution is 7.99. The Kier molecular flexibility index (Phi) is 6.81. The third kappa shape index (κ3) is 4.40. The first-order chi connectivity index (χ1) is 27.8. The summed E-state index contributed by atoms with van der Waals surface area (Å²) >= 11 is 1.88. The fraction of sp³-hybridized carbons (Fsp3) is 0.0189. The minimum Gasteiger partial charge on any atom is -0.455 e. The minimum atomic E-state index is -0.485. The van der Waals surface area contributed by atoms with Gasteiger partial charge in [-0.2, -0.15) is 0 Å². The highest BCUT2D eigenvalue weighted by Gasteiger charge is 2.50. The summed E-state index contributed by atoms with van der Waals surface area (Å²) in [5, 5.41) is 4.83. The lowest BCUT2D eigenvalue weighted by Gasteiger charge is -2.40. The van der Waals surface area contributed by atoms with Crippen LogP contribution in [-0.4, -0.2) is 0 Å². The quantitative estimate of drug-likeness (QED) is 0.179. The molecular formula is C53H33NOS. The molecule has 0 amide bonds. The molecule has 0 atom stereocenters. The van der Waals surface area contributed by atoms with Crippen molar-refractivity contribution in [2.24, 2.45) is 0 Å². The van der Waals surface area contributed by atoms with Crippen molar-refractivity contribution >= 4 is 61.5 Å². The van der Waals surface area contributed by atoms with Gasteiger partial charge in [-0.25, -0.2) is 0 Å². The molecule has 1 spiro atoms. The summed E-state index contributed by atoms with van der Waals surface area (Å²) in [5.74, 6) is 0. The number of hydrogen-bond donors (Lipinski definition) is 0. The second-order valence-electron chi connectivity index (χ2n) is 14.8. The Morgan fingerprint density at radius 2 is 1.05 bits per heavy atom. The molecule has 1 aromatic heterocycles. The predicted octanol–water partition coefficient (Wildman–Crippen LogP) is 14.7. The average Bonchev–Trinajstić information content (AvgIpc) is 3.79. The predicted molar refractivity (Wildman–Crippen MR) is 233 cm³/mol. The van der Waals surface area contributed by atoms with Gasteiger partial charge in [0, 0.05) is 43.2 Å². The molecule has 262 valence electrons. The largest absolute Gasteiger partial charge is 0.455 e. The Morgan fingerprint density at radius 1 is 0.411 bits per heavy atom. The van der Waals surface area contributed by atoms with Crippen LogP contribution in [0.2, 0.25) is 0 Å². The Morgan fingerprint density at radius 3 is 1.86 bits per heavy atom. The summed E-state index contributed by atoms with van der Waals surface area (Å²) in [7, 11) is 0. The van der Waals surface area contributed by atoms with Crippen molar-refractivity contribution in [3.63, 3.8) is 0 Å². The Labute approximate surface area is 329 Å². The maximum Gasteiger partial charge on any atom is 0.143 e. The first kappa shape index (κ1) is 31.5. The molecule has 2 nitrogen and oxygen atoms in total. The van der Waals surface area contributed by atoms with Gasteiger partial charge in [0.2, 0.25) is 0 Å². The molecule has 10 aromatic rings. The second kappa shape index (κ2) is 12.1. The van der Waals surface area contributed by atoms with Gasteiger partial charge in [0.05, 0.1) is 5.41 Å². The molecule has 0 saturated heterocycles. The average molecular weight is 732 g/mol. The van der Waals surface area contributed by atoms with Crippen LogP contribution in [0.25, 0.3) is 55.0 Å². The van der Waals surface area contributed by atoms with Gasteiger partial charge in [-0.3, -0.25) is 0 Å². The van der Waals surface area contributed by atoms with Crippen molar-refractivity contribution in [1.29, 1.82) is 0 Å². The maximum atomic E-state index is 6.44. The Hall–Kier alpha value is -6.81. The molecule has 0 radical (unpaired) electrons. The molecule has 3 heteroatoms. The van der Waals surface area contributed by atoms with E-state index in [-0.39, 0.29) is 0 Å². The smallest absolute Gasteiger partial charge is 0.143 e. The Bertz CT molecular complexity index is 3130. The number of benzene rings is 9. The lowest BCUT2D eigenvalue weighted by atomic mass is 9.67. The van der Waals surface area contributed by atoms with Crippen molar-refractivity contribution in [1.82, 2.24) is 0 Å². The molecule has 56 heavy (non-hydrogen) atoms. The number of rotatable bonds is 4. The number of furan rings is 1. The van der Waals surface area contributed by atoms with Crippen LogP contribution in [-0.2, 0) is 5.41 Å². The van der Waals surface area contributed by atoms with E-state index in [1.54, 1.807) is 0 Å². The Balaban J connectivity index is 1.08. The summed E-state index contributed by atoms with van der Waals surface area (Å²) in [6.45, 7) is 0. The van der Waals surface area contributed by atoms with Crippen LogP contribution in [0, 0.1) is 0 Å². The van der Waals surface area contributed by atoms with E-state index in [9.17, 15) is 0 Å². The molecule has 9 aromatic carbocycles. The van der Waals surface area contributed by atoms with Gasteiger partial charge >= 0.3 is 0 Å². The van der Waals surface area contributed by atoms with Gasteiger partial charge in [0.15, 0.2) is 0 Å². The third-order valence-corrected chi connectivity index (χ3v) is 13.1. The molecular weight excluding hydrogens is 699 g/mol. The standard InChI is InChI=1S/C53H33NOS/c1-2-14-36(15-3-1)54(37-28-25-35(26-29-37)40-18-12-19-42-41-17-6-9-22-48(41)55-52(40)42)38-30-31-43-47(33-38)53(46-32-27-34-13-4-5-16-39(34)51(43)46)44-20-7-10-23-49(44)56-50-24-11-8-21-45(50)53/h1-33H. The summed E-state index contributed by atoms with van der Waals surface area (Å²) in [6, 6.07) is 73.3. The third-order valence-electron chi connectivity index (χ3n) is 11.9. The number of nitrogens with zero attached hydrogens (tertiary/aromatic N) is 1. The number of fused-ring (bicyclic) bond motifs is 14. The van der Waals surface area contributed by atoms with Gasteiger partial charge in [0.1, 0.15) is 11.2 Å². The summed E-state index contributed by atoms with van der Waals surface area (Å²) < 4.78 is 6.44. The molecule has 0 bridgehead atoms. The number of anilines is 3. The SMILES string of the molecule is c1ccc(N(c2ccc(-c3cccc4c3oc3ccccc34)cc2)c2ccc3c(c2)C2(c4ccccc4Sc4ccccc42)c2ccc4ccccc4c2-3)cc1. The van der Waals surface area contributed by atoms with Crippen molar-refractivity contribution in [2.75, 3.05) is 4.90 Å². The number of hydrogen-bond acceptors (Lipinski definition) is 3. The molecule has 2 aliphatic rings. The van der Waals surface area contributed by atoms with Crippen molar-refractivity contribution in [3.05, 3.63) is 222 Å². The van der Waals surface area contributed by atoms with Crippen LogP contribution in [0.15, 0.2) is 214 Å². The molecule has 1 aliphatic heterocycles. The normalized spacial score (nSPS) is 13.4. The van der Waals surface area contributed by atoms with E-state index >= 15 is 0 Å². The first-order valence-electron chi connectivity index (χ1n) is 19.2. The van der Waals surface area contributed by atoms with Gasteiger partial charge in [0.25, 0.3) is 0 Å². The van der Waals surface area contributed by atoms with Crippen molar-refractivity contribution < 1.29 is 4.42 Å².